The maximum absolute atomic E-state index is 11.7. The second-order valence-corrected chi connectivity index (χ2v) is 9.25. The Hall–Kier alpha value is -0.570. The Labute approximate surface area is 135 Å². The van der Waals surface area contributed by atoms with E-state index in [2.05, 4.69) is 5.32 Å². The van der Waals surface area contributed by atoms with Crippen LogP contribution < -0.4 is 5.32 Å². The molecule has 0 heterocycles. The van der Waals surface area contributed by atoms with E-state index in [1.54, 1.807) is 0 Å². The van der Waals surface area contributed by atoms with Gasteiger partial charge in [0.2, 0.25) is 0 Å². The van der Waals surface area contributed by atoms with Crippen LogP contribution in [0.25, 0.3) is 0 Å². The number of esters is 1. The molecular weight excluding hydrogens is 274 g/mol. The first-order valence-electron chi connectivity index (χ1n) is 9.26. The average molecular weight is 307 g/mol. The van der Waals surface area contributed by atoms with Gasteiger partial charge in [-0.15, -0.1) is 0 Å². The van der Waals surface area contributed by atoms with E-state index in [1.807, 2.05) is 20.8 Å². The van der Waals surface area contributed by atoms with Crippen molar-refractivity contribution in [2.24, 2.45) is 23.2 Å². The number of carbonyl (C=O) groups is 1. The van der Waals surface area contributed by atoms with Crippen molar-refractivity contribution in [1.82, 2.24) is 5.32 Å². The van der Waals surface area contributed by atoms with Gasteiger partial charge in [-0.1, -0.05) is 0 Å². The average Bonchev–Trinajstić information content (AvgIpc) is 2.34. The highest BCUT2D eigenvalue weighted by atomic mass is 16.6. The molecule has 0 aromatic carbocycles. The molecule has 3 nitrogen and oxygen atoms in total. The van der Waals surface area contributed by atoms with Gasteiger partial charge in [-0.25, -0.2) is 0 Å². The van der Waals surface area contributed by atoms with E-state index < -0.39 is 0 Å². The van der Waals surface area contributed by atoms with Crippen molar-refractivity contribution in [2.75, 3.05) is 13.1 Å². The molecule has 4 aliphatic carbocycles. The standard InChI is InChI=1S/C19H33NO2/c1-18(2,3)22-17(21)4-6-20-7-5-19-11-14-8-15(12-19)10-16(9-14)13-19/h14-16,20H,4-13H2,1-3H3. The van der Waals surface area contributed by atoms with Crippen LogP contribution in [-0.4, -0.2) is 24.7 Å². The second-order valence-electron chi connectivity index (χ2n) is 9.25. The van der Waals surface area contributed by atoms with Crippen molar-refractivity contribution >= 4 is 5.97 Å². The van der Waals surface area contributed by atoms with Crippen LogP contribution in [0.2, 0.25) is 0 Å². The summed E-state index contributed by atoms with van der Waals surface area (Å²) in [7, 11) is 0. The fraction of sp³-hybridized carbons (Fsp3) is 0.947. The van der Waals surface area contributed by atoms with Crippen LogP contribution in [0.15, 0.2) is 0 Å². The highest BCUT2D eigenvalue weighted by molar-refractivity contribution is 5.70. The summed E-state index contributed by atoms with van der Waals surface area (Å²) >= 11 is 0. The predicted octanol–water partition coefficient (Wildman–Crippen LogP) is 3.91. The van der Waals surface area contributed by atoms with Gasteiger partial charge in [0.05, 0.1) is 6.42 Å². The maximum Gasteiger partial charge on any atom is 0.307 e. The first kappa shape index (κ1) is 16.3. The summed E-state index contributed by atoms with van der Waals surface area (Å²) in [6.45, 7) is 7.58. The first-order chi connectivity index (χ1) is 10.3. The smallest absolute Gasteiger partial charge is 0.307 e. The predicted molar refractivity (Wildman–Crippen MR) is 88.6 cm³/mol. The van der Waals surface area contributed by atoms with Crippen molar-refractivity contribution in [1.29, 1.82) is 0 Å². The summed E-state index contributed by atoms with van der Waals surface area (Å²) in [5.41, 5.74) is 0.282. The van der Waals surface area contributed by atoms with Gasteiger partial charge >= 0.3 is 5.97 Å². The number of ether oxygens (including phenoxy) is 1. The molecule has 3 heteroatoms. The molecule has 4 bridgehead atoms. The lowest BCUT2D eigenvalue weighted by Crippen LogP contribution is -2.47. The van der Waals surface area contributed by atoms with Crippen molar-refractivity contribution < 1.29 is 9.53 Å². The molecule has 0 saturated heterocycles. The second kappa shape index (κ2) is 6.14. The van der Waals surface area contributed by atoms with Crippen LogP contribution in [-0.2, 0) is 9.53 Å². The van der Waals surface area contributed by atoms with E-state index in [0.29, 0.717) is 11.8 Å². The molecule has 0 radical (unpaired) electrons. The van der Waals surface area contributed by atoms with E-state index in [4.69, 9.17) is 4.74 Å². The summed E-state index contributed by atoms with van der Waals surface area (Å²) in [5.74, 6) is 3.02. The van der Waals surface area contributed by atoms with Crippen molar-refractivity contribution in [3.8, 4) is 0 Å². The summed E-state index contributed by atoms with van der Waals surface area (Å²) in [5, 5.41) is 3.48. The highest BCUT2D eigenvalue weighted by Crippen LogP contribution is 2.61. The molecule has 0 aromatic rings. The van der Waals surface area contributed by atoms with E-state index >= 15 is 0 Å². The van der Waals surface area contributed by atoms with Crippen LogP contribution in [0.3, 0.4) is 0 Å². The Morgan fingerprint density at radius 3 is 2.09 bits per heavy atom. The van der Waals surface area contributed by atoms with Gasteiger partial charge in [-0.3, -0.25) is 4.79 Å². The molecular formula is C19H33NO2. The molecule has 126 valence electrons. The van der Waals surface area contributed by atoms with E-state index in [0.717, 1.165) is 30.8 Å². The molecule has 0 unspecified atom stereocenters. The zero-order chi connectivity index (χ0) is 15.8. The first-order valence-corrected chi connectivity index (χ1v) is 9.26. The third kappa shape index (κ3) is 4.04. The van der Waals surface area contributed by atoms with Gasteiger partial charge in [0.25, 0.3) is 0 Å². The number of nitrogens with one attached hydrogen (secondary N) is 1. The molecule has 4 rings (SSSR count). The van der Waals surface area contributed by atoms with Crippen molar-refractivity contribution in [3.05, 3.63) is 0 Å². The van der Waals surface area contributed by atoms with Gasteiger partial charge in [0, 0.05) is 6.54 Å². The molecule has 22 heavy (non-hydrogen) atoms. The molecule has 0 aliphatic heterocycles. The molecule has 0 aromatic heterocycles. The lowest BCUT2D eigenvalue weighted by atomic mass is 9.49. The fourth-order valence-corrected chi connectivity index (χ4v) is 5.66. The van der Waals surface area contributed by atoms with Gasteiger partial charge in [-0.2, -0.15) is 0 Å². The normalized spacial score (nSPS) is 36.6. The van der Waals surface area contributed by atoms with Gasteiger partial charge in [-0.05, 0) is 95.4 Å². The molecule has 4 fully saturated rings. The molecule has 0 atom stereocenters. The van der Waals surface area contributed by atoms with E-state index in [1.165, 1.54) is 44.9 Å². The van der Waals surface area contributed by atoms with E-state index in [9.17, 15) is 4.79 Å². The van der Waals surface area contributed by atoms with Crippen LogP contribution in [0.4, 0.5) is 0 Å². The number of rotatable bonds is 6. The van der Waals surface area contributed by atoms with Crippen LogP contribution in [0, 0.1) is 23.2 Å². The molecule has 1 N–H and O–H groups in total. The monoisotopic (exact) mass is 307 g/mol. The Balaban J connectivity index is 1.35. The third-order valence-corrected chi connectivity index (χ3v) is 5.92. The largest absolute Gasteiger partial charge is 0.460 e. The minimum Gasteiger partial charge on any atom is -0.460 e. The van der Waals surface area contributed by atoms with Crippen LogP contribution in [0.5, 0.6) is 0 Å². The van der Waals surface area contributed by atoms with Gasteiger partial charge in [0.1, 0.15) is 5.60 Å². The lowest BCUT2D eigenvalue weighted by molar-refractivity contribution is -0.154. The number of carbonyl (C=O) groups excluding carboxylic acids is 1. The topological polar surface area (TPSA) is 38.3 Å². The molecule has 0 amide bonds. The highest BCUT2D eigenvalue weighted by Gasteiger charge is 2.50. The third-order valence-electron chi connectivity index (χ3n) is 5.92. The van der Waals surface area contributed by atoms with Crippen molar-refractivity contribution in [2.45, 2.75) is 77.7 Å². The SMILES string of the molecule is CC(C)(C)OC(=O)CCNCCC12CC3CC(CC(C3)C1)C2. The molecule has 4 saturated carbocycles. The quantitative estimate of drug-likeness (QED) is 0.597. The van der Waals surface area contributed by atoms with E-state index in [-0.39, 0.29) is 11.6 Å². The Kier molecular flexibility index (Phi) is 4.55. The Morgan fingerprint density at radius 1 is 1.05 bits per heavy atom. The van der Waals surface area contributed by atoms with Gasteiger partial charge in [0.15, 0.2) is 0 Å². The van der Waals surface area contributed by atoms with Gasteiger partial charge < -0.3 is 10.1 Å². The summed E-state index contributed by atoms with van der Waals surface area (Å²) in [6.07, 6.45) is 10.8. The summed E-state index contributed by atoms with van der Waals surface area (Å²) in [6, 6.07) is 0. The molecule has 4 aliphatic rings. The zero-order valence-corrected chi connectivity index (χ0v) is 14.6. The Bertz CT molecular complexity index is 375. The zero-order valence-electron chi connectivity index (χ0n) is 14.6. The number of hydrogen-bond donors (Lipinski definition) is 1. The maximum atomic E-state index is 11.7. The van der Waals surface area contributed by atoms with Crippen LogP contribution >= 0.6 is 0 Å². The van der Waals surface area contributed by atoms with Crippen LogP contribution in [0.1, 0.15) is 72.1 Å². The van der Waals surface area contributed by atoms with Crippen molar-refractivity contribution in [3.63, 3.8) is 0 Å². The minimum absolute atomic E-state index is 0.0881. The Morgan fingerprint density at radius 2 is 1.59 bits per heavy atom. The summed E-state index contributed by atoms with van der Waals surface area (Å²) < 4.78 is 5.34. The summed E-state index contributed by atoms with van der Waals surface area (Å²) in [4.78, 5) is 11.7. The number of hydrogen-bond acceptors (Lipinski definition) is 3. The fourth-order valence-electron chi connectivity index (χ4n) is 5.66. The minimum atomic E-state index is -0.365. The molecule has 0 spiro atoms. The lowest BCUT2D eigenvalue weighted by Gasteiger charge is -2.57.